The predicted molar refractivity (Wildman–Crippen MR) is 103 cm³/mol. The number of nitrogens with zero attached hydrogens (tertiary/aromatic N) is 2. The highest BCUT2D eigenvalue weighted by Crippen LogP contribution is 2.23. The molecule has 0 fully saturated rings. The van der Waals surface area contributed by atoms with Crippen molar-refractivity contribution >= 4 is 32.9 Å². The van der Waals surface area contributed by atoms with E-state index < -0.39 is 0 Å². The lowest BCUT2D eigenvalue weighted by Gasteiger charge is -2.11. The molecule has 0 aliphatic carbocycles. The molecule has 0 saturated carbocycles. The molecule has 1 N–H and O–H groups in total. The molecule has 0 aliphatic rings. The number of amides is 1. The van der Waals surface area contributed by atoms with Gasteiger partial charge in [0.25, 0.3) is 5.91 Å². The number of halogens is 1. The van der Waals surface area contributed by atoms with Crippen LogP contribution >= 0.6 is 15.9 Å². The van der Waals surface area contributed by atoms with Gasteiger partial charge in [-0.15, -0.1) is 0 Å². The van der Waals surface area contributed by atoms with Crippen LogP contribution < -0.4 is 5.32 Å². The fraction of sp³-hybridized carbons (Fsp3) is 0.100. The van der Waals surface area contributed by atoms with Crippen LogP contribution in [0.4, 0.5) is 0 Å². The number of hydrogen-bond donors (Lipinski definition) is 1. The number of fused-ring (bicyclic) bond motifs is 1. The first kappa shape index (κ1) is 16.6. The van der Waals surface area contributed by atoms with Crippen LogP contribution in [0, 0.1) is 0 Å². The van der Waals surface area contributed by atoms with Crippen LogP contribution in [-0.2, 0) is 13.1 Å². The molecule has 130 valence electrons. The molecule has 0 unspecified atom stereocenters. The highest BCUT2D eigenvalue weighted by molar-refractivity contribution is 9.10. The van der Waals surface area contributed by atoms with Crippen LogP contribution in [0.1, 0.15) is 21.6 Å². The summed E-state index contributed by atoms with van der Waals surface area (Å²) in [7, 11) is 0. The van der Waals surface area contributed by atoms with Gasteiger partial charge >= 0.3 is 0 Å². The van der Waals surface area contributed by atoms with E-state index in [4.69, 9.17) is 4.42 Å². The summed E-state index contributed by atoms with van der Waals surface area (Å²) in [5.74, 6) is -0.134. The van der Waals surface area contributed by atoms with Crippen molar-refractivity contribution in [2.75, 3.05) is 0 Å². The molecule has 5 nitrogen and oxygen atoms in total. The lowest BCUT2D eigenvalue weighted by atomic mass is 10.2. The topological polar surface area (TPSA) is 60.1 Å². The second kappa shape index (κ2) is 7.17. The Morgan fingerprint density at radius 2 is 1.85 bits per heavy atom. The molecule has 3 aromatic heterocycles. The largest absolute Gasteiger partial charge is 0.463 e. The molecule has 0 spiro atoms. The zero-order chi connectivity index (χ0) is 17.9. The summed E-state index contributed by atoms with van der Waals surface area (Å²) >= 11 is 3.45. The van der Waals surface area contributed by atoms with Crippen LogP contribution in [-0.4, -0.2) is 15.5 Å². The van der Waals surface area contributed by atoms with Crippen molar-refractivity contribution in [3.8, 4) is 0 Å². The summed E-state index contributed by atoms with van der Waals surface area (Å²) in [6, 6.07) is 15.5. The van der Waals surface area contributed by atoms with E-state index in [0.29, 0.717) is 24.4 Å². The quantitative estimate of drug-likeness (QED) is 0.532. The molecule has 3 heterocycles. The lowest BCUT2D eigenvalue weighted by Crippen LogP contribution is -2.25. The molecule has 1 amide bonds. The van der Waals surface area contributed by atoms with Gasteiger partial charge in [-0.1, -0.05) is 28.1 Å². The molecule has 1 aromatic carbocycles. The number of benzene rings is 1. The monoisotopic (exact) mass is 409 g/mol. The Hall–Kier alpha value is -2.86. The maximum atomic E-state index is 12.8. The van der Waals surface area contributed by atoms with E-state index in [1.54, 1.807) is 24.7 Å². The Labute approximate surface area is 158 Å². The standard InChI is InChI=1S/C20H16BrN3O2/c21-16-3-1-15(2-4-16)13-24-17-7-10-26-19(17)11-18(24)20(25)23-12-14-5-8-22-9-6-14/h1-11H,12-13H2,(H,23,25). The van der Waals surface area contributed by atoms with Gasteiger partial charge in [-0.05, 0) is 35.4 Å². The zero-order valence-corrected chi connectivity index (χ0v) is 15.4. The first-order valence-electron chi connectivity index (χ1n) is 8.19. The normalized spacial score (nSPS) is 11.0. The lowest BCUT2D eigenvalue weighted by molar-refractivity contribution is 0.0942. The third-order valence-electron chi connectivity index (χ3n) is 4.21. The third-order valence-corrected chi connectivity index (χ3v) is 4.74. The van der Waals surface area contributed by atoms with Crippen molar-refractivity contribution < 1.29 is 9.21 Å². The molecule has 4 rings (SSSR count). The van der Waals surface area contributed by atoms with Crippen LogP contribution in [0.15, 0.2) is 76.1 Å². The van der Waals surface area contributed by atoms with Crippen LogP contribution in [0.25, 0.3) is 11.1 Å². The van der Waals surface area contributed by atoms with Crippen LogP contribution in [0.3, 0.4) is 0 Å². The number of aromatic nitrogens is 2. The molecule has 4 aromatic rings. The minimum absolute atomic E-state index is 0.134. The van der Waals surface area contributed by atoms with E-state index in [-0.39, 0.29) is 5.91 Å². The fourth-order valence-electron chi connectivity index (χ4n) is 2.88. The van der Waals surface area contributed by atoms with E-state index in [1.807, 2.05) is 47.0 Å². The zero-order valence-electron chi connectivity index (χ0n) is 13.9. The summed E-state index contributed by atoms with van der Waals surface area (Å²) < 4.78 is 8.49. The van der Waals surface area contributed by atoms with Gasteiger partial charge in [-0.2, -0.15) is 0 Å². The summed E-state index contributed by atoms with van der Waals surface area (Å²) in [6.07, 6.45) is 5.07. The average Bonchev–Trinajstić information content (AvgIpc) is 3.25. The molecule has 0 bridgehead atoms. The summed E-state index contributed by atoms with van der Waals surface area (Å²) in [4.78, 5) is 16.7. The molecular formula is C20H16BrN3O2. The van der Waals surface area contributed by atoms with Crippen LogP contribution in [0.2, 0.25) is 0 Å². The van der Waals surface area contributed by atoms with Gasteiger partial charge in [0, 0.05) is 42.1 Å². The van der Waals surface area contributed by atoms with Crippen molar-refractivity contribution in [1.29, 1.82) is 0 Å². The predicted octanol–water partition coefficient (Wildman–Crippen LogP) is 4.37. The molecular weight excluding hydrogens is 394 g/mol. The van der Waals surface area contributed by atoms with Crippen molar-refractivity contribution in [2.45, 2.75) is 13.1 Å². The fourth-order valence-corrected chi connectivity index (χ4v) is 3.15. The number of pyridine rings is 1. The Bertz CT molecular complexity index is 1040. The van der Waals surface area contributed by atoms with Gasteiger partial charge in [0.05, 0.1) is 11.8 Å². The third kappa shape index (κ3) is 3.41. The average molecular weight is 410 g/mol. The smallest absolute Gasteiger partial charge is 0.268 e. The Morgan fingerprint density at radius 3 is 2.62 bits per heavy atom. The number of rotatable bonds is 5. The van der Waals surface area contributed by atoms with Crippen molar-refractivity contribution in [2.24, 2.45) is 0 Å². The second-order valence-electron chi connectivity index (χ2n) is 5.95. The first-order chi connectivity index (χ1) is 12.7. The van der Waals surface area contributed by atoms with Gasteiger partial charge in [0.1, 0.15) is 5.69 Å². The molecule has 6 heteroatoms. The Kier molecular flexibility index (Phi) is 4.58. The molecule has 26 heavy (non-hydrogen) atoms. The first-order valence-corrected chi connectivity index (χ1v) is 8.98. The van der Waals surface area contributed by atoms with E-state index in [2.05, 4.69) is 26.2 Å². The van der Waals surface area contributed by atoms with E-state index in [9.17, 15) is 4.79 Å². The van der Waals surface area contributed by atoms with Crippen molar-refractivity contribution in [3.63, 3.8) is 0 Å². The van der Waals surface area contributed by atoms with Gasteiger partial charge in [-0.3, -0.25) is 9.78 Å². The number of nitrogens with one attached hydrogen (secondary N) is 1. The maximum Gasteiger partial charge on any atom is 0.268 e. The van der Waals surface area contributed by atoms with E-state index in [0.717, 1.165) is 21.1 Å². The number of carbonyl (C=O) groups excluding carboxylic acids is 1. The van der Waals surface area contributed by atoms with E-state index in [1.165, 1.54) is 0 Å². The maximum absolute atomic E-state index is 12.8. The number of carbonyl (C=O) groups is 1. The second-order valence-corrected chi connectivity index (χ2v) is 6.87. The minimum Gasteiger partial charge on any atom is -0.463 e. The summed E-state index contributed by atoms with van der Waals surface area (Å²) in [6.45, 7) is 1.04. The summed E-state index contributed by atoms with van der Waals surface area (Å²) in [5, 5.41) is 2.96. The van der Waals surface area contributed by atoms with Gasteiger partial charge in [0.15, 0.2) is 5.58 Å². The van der Waals surface area contributed by atoms with Gasteiger partial charge in [-0.25, -0.2) is 0 Å². The Balaban J connectivity index is 1.60. The number of furan rings is 1. The molecule has 0 radical (unpaired) electrons. The minimum atomic E-state index is -0.134. The van der Waals surface area contributed by atoms with Crippen molar-refractivity contribution in [3.05, 3.63) is 88.5 Å². The molecule has 0 aliphatic heterocycles. The van der Waals surface area contributed by atoms with Gasteiger partial charge in [0.2, 0.25) is 0 Å². The number of hydrogen-bond acceptors (Lipinski definition) is 3. The van der Waals surface area contributed by atoms with Gasteiger partial charge < -0.3 is 14.3 Å². The summed E-state index contributed by atoms with van der Waals surface area (Å²) in [5.41, 5.74) is 4.30. The Morgan fingerprint density at radius 1 is 1.08 bits per heavy atom. The van der Waals surface area contributed by atoms with Crippen LogP contribution in [0.5, 0.6) is 0 Å². The SMILES string of the molecule is O=C(NCc1ccncc1)c1cc2occc2n1Cc1ccc(Br)cc1. The van der Waals surface area contributed by atoms with E-state index >= 15 is 0 Å². The molecule has 0 saturated heterocycles. The van der Waals surface area contributed by atoms with Crippen molar-refractivity contribution in [1.82, 2.24) is 14.9 Å². The molecule has 0 atom stereocenters. The highest BCUT2D eigenvalue weighted by Gasteiger charge is 2.17. The highest BCUT2D eigenvalue weighted by atomic mass is 79.9.